The summed E-state index contributed by atoms with van der Waals surface area (Å²) in [7, 11) is 2.20. The molecule has 3 heteroatoms. The summed E-state index contributed by atoms with van der Waals surface area (Å²) in [6, 6.07) is 7.44. The maximum absolute atomic E-state index is 4.39. The van der Waals surface area contributed by atoms with Crippen LogP contribution in [0.25, 0.3) is 0 Å². The van der Waals surface area contributed by atoms with Gasteiger partial charge in [-0.15, -0.1) is 0 Å². The maximum Gasteiger partial charge on any atom is 0.0543 e. The lowest BCUT2D eigenvalue weighted by atomic mass is 9.98. The number of hydrogen-bond acceptors (Lipinski definition) is 3. The highest BCUT2D eigenvalue weighted by atomic mass is 15.1. The Morgan fingerprint density at radius 1 is 1.44 bits per heavy atom. The minimum absolute atomic E-state index is 0.600. The van der Waals surface area contributed by atoms with Crippen LogP contribution in [0.15, 0.2) is 24.4 Å². The third-order valence-electron chi connectivity index (χ3n) is 3.93. The fourth-order valence-corrected chi connectivity index (χ4v) is 2.62. The molecule has 1 aromatic heterocycles. The summed E-state index contributed by atoms with van der Waals surface area (Å²) < 4.78 is 0. The van der Waals surface area contributed by atoms with Gasteiger partial charge in [-0.1, -0.05) is 12.5 Å². The van der Waals surface area contributed by atoms with Crippen LogP contribution in [0.1, 0.15) is 38.3 Å². The van der Waals surface area contributed by atoms with Crippen molar-refractivity contribution >= 4 is 0 Å². The highest BCUT2D eigenvalue weighted by Crippen LogP contribution is 2.15. The topological polar surface area (TPSA) is 28.2 Å². The van der Waals surface area contributed by atoms with E-state index in [0.717, 1.165) is 12.2 Å². The Morgan fingerprint density at radius 3 is 3.00 bits per heavy atom. The van der Waals surface area contributed by atoms with Gasteiger partial charge in [0.2, 0.25) is 0 Å². The molecule has 0 aromatic carbocycles. The van der Waals surface area contributed by atoms with Gasteiger partial charge in [0.1, 0.15) is 0 Å². The molecule has 0 aliphatic carbocycles. The van der Waals surface area contributed by atoms with E-state index >= 15 is 0 Å². The third-order valence-corrected chi connectivity index (χ3v) is 3.93. The van der Waals surface area contributed by atoms with Gasteiger partial charge in [-0.3, -0.25) is 9.88 Å². The quantitative estimate of drug-likeness (QED) is 0.866. The zero-order valence-corrected chi connectivity index (χ0v) is 11.6. The number of nitrogens with zero attached hydrogens (tertiary/aromatic N) is 2. The predicted octanol–water partition coefficient (Wildman–Crippen LogP) is 2.43. The zero-order chi connectivity index (χ0) is 12.8. The van der Waals surface area contributed by atoms with Gasteiger partial charge < -0.3 is 5.32 Å². The SMILES string of the molecule is CC(CC1CCCCN1)N(C)Cc1ccccn1. The molecule has 2 rings (SSSR count). The van der Waals surface area contributed by atoms with Gasteiger partial charge in [-0.05, 0) is 51.9 Å². The van der Waals surface area contributed by atoms with Crippen LogP contribution < -0.4 is 5.32 Å². The summed E-state index contributed by atoms with van der Waals surface area (Å²) in [6.45, 7) is 4.45. The van der Waals surface area contributed by atoms with Crippen LogP contribution in [-0.4, -0.2) is 35.6 Å². The molecule has 3 nitrogen and oxygen atoms in total. The van der Waals surface area contributed by atoms with Crippen LogP contribution in [0.5, 0.6) is 0 Å². The zero-order valence-electron chi connectivity index (χ0n) is 11.6. The molecule has 100 valence electrons. The first-order valence-electron chi connectivity index (χ1n) is 7.09. The van der Waals surface area contributed by atoms with Gasteiger partial charge in [0.05, 0.1) is 5.69 Å². The van der Waals surface area contributed by atoms with Crippen LogP contribution in [0.3, 0.4) is 0 Å². The van der Waals surface area contributed by atoms with Crippen molar-refractivity contribution in [3.8, 4) is 0 Å². The first-order valence-corrected chi connectivity index (χ1v) is 7.09. The van der Waals surface area contributed by atoms with Crippen molar-refractivity contribution in [1.82, 2.24) is 15.2 Å². The molecule has 1 fully saturated rings. The second kappa shape index (κ2) is 6.86. The molecule has 2 unspecified atom stereocenters. The van der Waals surface area contributed by atoms with Crippen molar-refractivity contribution in [2.75, 3.05) is 13.6 Å². The van der Waals surface area contributed by atoms with Gasteiger partial charge in [-0.25, -0.2) is 0 Å². The Balaban J connectivity index is 1.79. The Bertz CT molecular complexity index is 333. The lowest BCUT2D eigenvalue weighted by Crippen LogP contribution is -2.40. The molecule has 1 N–H and O–H groups in total. The van der Waals surface area contributed by atoms with Crippen molar-refractivity contribution in [3.63, 3.8) is 0 Å². The molecule has 0 bridgehead atoms. The van der Waals surface area contributed by atoms with E-state index in [4.69, 9.17) is 0 Å². The van der Waals surface area contributed by atoms with Crippen LogP contribution in [0.2, 0.25) is 0 Å². The summed E-state index contributed by atoms with van der Waals surface area (Å²) >= 11 is 0. The van der Waals surface area contributed by atoms with Crippen LogP contribution in [-0.2, 0) is 6.54 Å². The van der Waals surface area contributed by atoms with Crippen molar-refractivity contribution < 1.29 is 0 Å². The van der Waals surface area contributed by atoms with Crippen molar-refractivity contribution in [1.29, 1.82) is 0 Å². The standard InChI is InChI=1S/C15H25N3/c1-13(11-14-7-3-5-9-16-14)18(2)12-15-8-4-6-10-17-15/h4,6,8,10,13-14,16H,3,5,7,9,11-12H2,1-2H3. The van der Waals surface area contributed by atoms with E-state index in [-0.39, 0.29) is 0 Å². The fraction of sp³-hybridized carbons (Fsp3) is 0.667. The molecular formula is C15H25N3. The smallest absolute Gasteiger partial charge is 0.0543 e. The lowest BCUT2D eigenvalue weighted by Gasteiger charge is -2.30. The molecule has 1 saturated heterocycles. The fourth-order valence-electron chi connectivity index (χ4n) is 2.62. The number of piperidine rings is 1. The Kier molecular flexibility index (Phi) is 5.14. The summed E-state index contributed by atoms with van der Waals surface area (Å²) in [5.74, 6) is 0. The predicted molar refractivity (Wildman–Crippen MR) is 75.4 cm³/mol. The molecule has 0 spiro atoms. The van der Waals surface area contributed by atoms with E-state index < -0.39 is 0 Å². The molecule has 1 aliphatic rings. The average molecular weight is 247 g/mol. The van der Waals surface area contributed by atoms with Gasteiger partial charge in [0, 0.05) is 24.8 Å². The van der Waals surface area contributed by atoms with Crippen molar-refractivity contribution in [2.24, 2.45) is 0 Å². The van der Waals surface area contributed by atoms with E-state index in [0.29, 0.717) is 12.1 Å². The first kappa shape index (κ1) is 13.5. The van der Waals surface area contributed by atoms with Crippen LogP contribution in [0.4, 0.5) is 0 Å². The minimum atomic E-state index is 0.600. The van der Waals surface area contributed by atoms with Crippen LogP contribution in [0, 0.1) is 0 Å². The Morgan fingerprint density at radius 2 is 2.33 bits per heavy atom. The number of pyridine rings is 1. The van der Waals surface area contributed by atoms with Gasteiger partial charge in [0.15, 0.2) is 0 Å². The molecule has 1 aromatic rings. The van der Waals surface area contributed by atoms with Gasteiger partial charge in [0.25, 0.3) is 0 Å². The van der Waals surface area contributed by atoms with E-state index in [1.807, 2.05) is 12.3 Å². The minimum Gasteiger partial charge on any atom is -0.314 e. The number of aromatic nitrogens is 1. The monoisotopic (exact) mass is 247 g/mol. The van der Waals surface area contributed by atoms with E-state index in [2.05, 4.69) is 41.3 Å². The molecule has 0 saturated carbocycles. The number of hydrogen-bond donors (Lipinski definition) is 1. The normalized spacial score (nSPS) is 22.1. The number of rotatable bonds is 5. The van der Waals surface area contributed by atoms with Gasteiger partial charge in [-0.2, -0.15) is 0 Å². The second-order valence-electron chi connectivity index (χ2n) is 5.47. The highest BCUT2D eigenvalue weighted by Gasteiger charge is 2.18. The second-order valence-corrected chi connectivity index (χ2v) is 5.47. The summed E-state index contributed by atoms with van der Waals surface area (Å²) in [5, 5.41) is 3.63. The first-order chi connectivity index (χ1) is 8.75. The average Bonchev–Trinajstić information content (AvgIpc) is 2.41. The third kappa shape index (κ3) is 4.07. The number of nitrogens with one attached hydrogen (secondary N) is 1. The van der Waals surface area contributed by atoms with E-state index in [1.54, 1.807) is 0 Å². The van der Waals surface area contributed by atoms with Crippen molar-refractivity contribution in [2.45, 2.75) is 51.2 Å². The molecule has 18 heavy (non-hydrogen) atoms. The molecule has 0 radical (unpaired) electrons. The van der Waals surface area contributed by atoms with Crippen LogP contribution >= 0.6 is 0 Å². The van der Waals surface area contributed by atoms with E-state index in [9.17, 15) is 0 Å². The van der Waals surface area contributed by atoms with E-state index in [1.165, 1.54) is 32.2 Å². The highest BCUT2D eigenvalue weighted by molar-refractivity contribution is 5.03. The largest absolute Gasteiger partial charge is 0.314 e. The van der Waals surface area contributed by atoms with Crippen molar-refractivity contribution in [3.05, 3.63) is 30.1 Å². The maximum atomic E-state index is 4.39. The summed E-state index contributed by atoms with van der Waals surface area (Å²) in [4.78, 5) is 6.79. The Labute approximate surface area is 111 Å². The molecular weight excluding hydrogens is 222 g/mol. The lowest BCUT2D eigenvalue weighted by molar-refractivity contribution is 0.207. The van der Waals surface area contributed by atoms with Gasteiger partial charge >= 0.3 is 0 Å². The molecule has 2 atom stereocenters. The summed E-state index contributed by atoms with van der Waals surface area (Å²) in [5.41, 5.74) is 1.16. The Hall–Kier alpha value is -0.930. The molecule has 0 amide bonds. The molecule has 1 aliphatic heterocycles. The molecule has 2 heterocycles. The summed E-state index contributed by atoms with van der Waals surface area (Å²) in [6.07, 6.45) is 7.17.